The highest BCUT2D eigenvalue weighted by molar-refractivity contribution is 6.30. The number of para-hydroxylation sites is 2. The van der Waals surface area contributed by atoms with Crippen molar-refractivity contribution in [2.75, 3.05) is 6.61 Å². The van der Waals surface area contributed by atoms with Gasteiger partial charge in [-0.1, -0.05) is 41.4 Å². The van der Waals surface area contributed by atoms with E-state index in [1.54, 1.807) is 12.1 Å². The van der Waals surface area contributed by atoms with Crippen LogP contribution in [-0.2, 0) is 13.1 Å². The lowest BCUT2D eigenvalue weighted by Crippen LogP contribution is -2.26. The molecule has 0 aliphatic carbocycles. The van der Waals surface area contributed by atoms with Gasteiger partial charge in [-0.15, -0.1) is 0 Å². The van der Waals surface area contributed by atoms with Gasteiger partial charge in [-0.3, -0.25) is 4.79 Å². The second-order valence-corrected chi connectivity index (χ2v) is 7.91. The molecular formula is C25H24ClN3O2. The number of imidazole rings is 1. The number of carbonyl (C=O) groups is 1. The summed E-state index contributed by atoms with van der Waals surface area (Å²) < 4.78 is 7.96. The first-order valence-corrected chi connectivity index (χ1v) is 10.6. The molecule has 0 aliphatic rings. The molecule has 4 rings (SSSR count). The van der Waals surface area contributed by atoms with Gasteiger partial charge in [0.2, 0.25) is 0 Å². The minimum Gasteiger partial charge on any atom is -0.492 e. The summed E-state index contributed by atoms with van der Waals surface area (Å²) in [7, 11) is 0. The molecular weight excluding hydrogens is 410 g/mol. The Labute approximate surface area is 186 Å². The number of hydrogen-bond acceptors (Lipinski definition) is 3. The first-order chi connectivity index (χ1) is 15.0. The Morgan fingerprint density at radius 3 is 2.61 bits per heavy atom. The SMILES string of the molecule is Cc1ccc(C(=O)NCc2nc3ccccc3n2CCOc2ccc(Cl)cc2)c(C)c1. The molecule has 0 aliphatic heterocycles. The molecule has 1 heterocycles. The van der Waals surface area contributed by atoms with E-state index in [-0.39, 0.29) is 5.91 Å². The number of nitrogens with zero attached hydrogens (tertiary/aromatic N) is 2. The number of aryl methyl sites for hydroxylation is 2. The van der Waals surface area contributed by atoms with Crippen LogP contribution >= 0.6 is 11.6 Å². The van der Waals surface area contributed by atoms with Gasteiger partial charge in [0.15, 0.2) is 0 Å². The van der Waals surface area contributed by atoms with Gasteiger partial charge in [0, 0.05) is 10.6 Å². The average molecular weight is 434 g/mol. The molecule has 1 amide bonds. The van der Waals surface area contributed by atoms with Gasteiger partial charge < -0.3 is 14.6 Å². The van der Waals surface area contributed by atoms with Crippen LogP contribution in [0, 0.1) is 13.8 Å². The van der Waals surface area contributed by atoms with Crippen molar-refractivity contribution in [1.82, 2.24) is 14.9 Å². The summed E-state index contributed by atoms with van der Waals surface area (Å²) in [5.74, 6) is 1.45. The van der Waals surface area contributed by atoms with Gasteiger partial charge in [-0.2, -0.15) is 0 Å². The third kappa shape index (κ3) is 4.89. The quantitative estimate of drug-likeness (QED) is 0.429. The van der Waals surface area contributed by atoms with Crippen molar-refractivity contribution < 1.29 is 9.53 Å². The summed E-state index contributed by atoms with van der Waals surface area (Å²) >= 11 is 5.93. The number of carbonyl (C=O) groups excluding carboxylic acids is 1. The van der Waals surface area contributed by atoms with E-state index >= 15 is 0 Å². The molecule has 4 aromatic rings. The molecule has 0 radical (unpaired) electrons. The van der Waals surface area contributed by atoms with Crippen LogP contribution in [0.2, 0.25) is 5.02 Å². The smallest absolute Gasteiger partial charge is 0.251 e. The van der Waals surface area contributed by atoms with E-state index in [0.717, 1.165) is 33.7 Å². The van der Waals surface area contributed by atoms with Crippen LogP contribution in [-0.4, -0.2) is 22.1 Å². The predicted molar refractivity (Wildman–Crippen MR) is 124 cm³/mol. The predicted octanol–water partition coefficient (Wildman–Crippen LogP) is 5.32. The van der Waals surface area contributed by atoms with Crippen LogP contribution in [0.15, 0.2) is 66.7 Å². The number of rotatable bonds is 7. The van der Waals surface area contributed by atoms with E-state index < -0.39 is 0 Å². The molecule has 0 atom stereocenters. The highest BCUT2D eigenvalue weighted by Crippen LogP contribution is 2.18. The van der Waals surface area contributed by atoms with Gasteiger partial charge in [0.05, 0.1) is 24.1 Å². The minimum atomic E-state index is -0.103. The van der Waals surface area contributed by atoms with Crippen LogP contribution < -0.4 is 10.1 Å². The van der Waals surface area contributed by atoms with Crippen molar-refractivity contribution in [3.8, 4) is 5.75 Å². The molecule has 0 spiro atoms. The van der Waals surface area contributed by atoms with Crippen molar-refractivity contribution in [2.45, 2.75) is 26.9 Å². The average Bonchev–Trinajstić information content (AvgIpc) is 3.11. The Kier molecular flexibility index (Phi) is 6.23. The van der Waals surface area contributed by atoms with Gasteiger partial charge in [-0.05, 0) is 61.9 Å². The number of nitrogens with one attached hydrogen (secondary N) is 1. The van der Waals surface area contributed by atoms with Crippen LogP contribution in [0.1, 0.15) is 27.3 Å². The van der Waals surface area contributed by atoms with Gasteiger partial charge in [0.1, 0.15) is 18.2 Å². The maximum atomic E-state index is 12.7. The zero-order chi connectivity index (χ0) is 21.8. The van der Waals surface area contributed by atoms with E-state index in [1.807, 2.05) is 68.4 Å². The molecule has 6 heteroatoms. The molecule has 1 aromatic heterocycles. The van der Waals surface area contributed by atoms with E-state index in [9.17, 15) is 4.79 Å². The molecule has 3 aromatic carbocycles. The second kappa shape index (κ2) is 9.23. The summed E-state index contributed by atoms with van der Waals surface area (Å²) in [6.45, 7) is 5.38. The van der Waals surface area contributed by atoms with Crippen molar-refractivity contribution in [3.05, 3.63) is 94.3 Å². The zero-order valence-electron chi connectivity index (χ0n) is 17.6. The van der Waals surface area contributed by atoms with E-state index in [1.165, 1.54) is 0 Å². The van der Waals surface area contributed by atoms with Crippen molar-refractivity contribution in [2.24, 2.45) is 0 Å². The molecule has 0 fully saturated rings. The Morgan fingerprint density at radius 1 is 1.06 bits per heavy atom. The number of halogens is 1. The van der Waals surface area contributed by atoms with Crippen LogP contribution in [0.3, 0.4) is 0 Å². The summed E-state index contributed by atoms with van der Waals surface area (Å²) in [5.41, 5.74) is 4.68. The first kappa shape index (κ1) is 20.9. The Balaban J connectivity index is 1.49. The number of benzene rings is 3. The number of hydrogen-bond donors (Lipinski definition) is 1. The third-order valence-corrected chi connectivity index (χ3v) is 5.42. The number of amides is 1. The number of aromatic nitrogens is 2. The second-order valence-electron chi connectivity index (χ2n) is 7.47. The fourth-order valence-electron chi connectivity index (χ4n) is 3.62. The highest BCUT2D eigenvalue weighted by atomic mass is 35.5. The summed E-state index contributed by atoms with van der Waals surface area (Å²) in [6.07, 6.45) is 0. The van der Waals surface area contributed by atoms with E-state index in [2.05, 4.69) is 9.88 Å². The fraction of sp³-hybridized carbons (Fsp3) is 0.200. The lowest BCUT2D eigenvalue weighted by Gasteiger charge is -2.12. The first-order valence-electron chi connectivity index (χ1n) is 10.2. The van der Waals surface area contributed by atoms with Crippen molar-refractivity contribution >= 4 is 28.5 Å². The van der Waals surface area contributed by atoms with Crippen molar-refractivity contribution in [1.29, 1.82) is 0 Å². The highest BCUT2D eigenvalue weighted by Gasteiger charge is 2.14. The van der Waals surface area contributed by atoms with Gasteiger partial charge >= 0.3 is 0 Å². The van der Waals surface area contributed by atoms with Crippen LogP contribution in [0.4, 0.5) is 0 Å². The number of fused-ring (bicyclic) bond motifs is 1. The third-order valence-electron chi connectivity index (χ3n) is 5.16. The molecule has 0 unspecified atom stereocenters. The standard InChI is InChI=1S/C25H24ClN3O2/c1-17-7-12-21(18(2)15-17)25(30)27-16-24-28-22-5-3-4-6-23(22)29(24)13-14-31-20-10-8-19(26)9-11-20/h3-12,15H,13-14,16H2,1-2H3,(H,27,30). The Hall–Kier alpha value is -3.31. The lowest BCUT2D eigenvalue weighted by atomic mass is 10.1. The van der Waals surface area contributed by atoms with Crippen molar-refractivity contribution in [3.63, 3.8) is 0 Å². The summed E-state index contributed by atoms with van der Waals surface area (Å²) in [5, 5.41) is 3.69. The Morgan fingerprint density at radius 2 is 1.84 bits per heavy atom. The molecule has 1 N–H and O–H groups in total. The van der Waals surface area contributed by atoms with Crippen LogP contribution in [0.5, 0.6) is 5.75 Å². The van der Waals surface area contributed by atoms with Gasteiger partial charge in [0.25, 0.3) is 5.91 Å². The van der Waals surface area contributed by atoms with Crippen LogP contribution in [0.25, 0.3) is 11.0 Å². The lowest BCUT2D eigenvalue weighted by molar-refractivity contribution is 0.0949. The normalized spacial score (nSPS) is 10.9. The van der Waals surface area contributed by atoms with E-state index in [0.29, 0.717) is 30.3 Å². The van der Waals surface area contributed by atoms with Gasteiger partial charge in [-0.25, -0.2) is 4.98 Å². The summed E-state index contributed by atoms with van der Waals surface area (Å²) in [4.78, 5) is 17.4. The molecule has 0 bridgehead atoms. The molecule has 31 heavy (non-hydrogen) atoms. The topological polar surface area (TPSA) is 56.2 Å². The monoisotopic (exact) mass is 433 g/mol. The maximum Gasteiger partial charge on any atom is 0.251 e. The molecule has 0 saturated heterocycles. The summed E-state index contributed by atoms with van der Waals surface area (Å²) in [6, 6.07) is 21.1. The molecule has 158 valence electrons. The maximum absolute atomic E-state index is 12.7. The Bertz CT molecular complexity index is 1220. The number of ether oxygens (including phenoxy) is 1. The zero-order valence-corrected chi connectivity index (χ0v) is 18.3. The minimum absolute atomic E-state index is 0.103. The largest absolute Gasteiger partial charge is 0.492 e. The van der Waals surface area contributed by atoms with E-state index in [4.69, 9.17) is 21.3 Å². The molecule has 5 nitrogen and oxygen atoms in total. The fourth-order valence-corrected chi connectivity index (χ4v) is 3.74. The molecule has 0 saturated carbocycles.